The third kappa shape index (κ3) is 3.54. The van der Waals surface area contributed by atoms with E-state index < -0.39 is 0 Å². The Hall–Kier alpha value is -1.94. The highest BCUT2D eigenvalue weighted by Gasteiger charge is 2.19. The van der Waals surface area contributed by atoms with Gasteiger partial charge in [0.15, 0.2) is 0 Å². The summed E-state index contributed by atoms with van der Waals surface area (Å²) in [6.07, 6.45) is 0. The monoisotopic (exact) mass is 331 g/mol. The Labute approximate surface area is 126 Å². The number of benzene rings is 2. The first-order valence-electron chi connectivity index (χ1n) is 6.20. The smallest absolute Gasteiger partial charge is 0.260 e. The largest absolute Gasteiger partial charge is 0.275 e. The molecule has 2 aromatic rings. The van der Waals surface area contributed by atoms with E-state index in [1.807, 2.05) is 30.3 Å². The van der Waals surface area contributed by atoms with Crippen LogP contribution in [0.4, 0.5) is 0 Å². The van der Waals surface area contributed by atoms with Gasteiger partial charge in [-0.2, -0.15) is 0 Å². The Balaban J connectivity index is 2.22. The van der Waals surface area contributed by atoms with Crippen LogP contribution in [0.25, 0.3) is 0 Å². The van der Waals surface area contributed by atoms with Crippen LogP contribution >= 0.6 is 15.9 Å². The average Bonchev–Trinajstić information content (AvgIpc) is 2.45. The van der Waals surface area contributed by atoms with Crippen molar-refractivity contribution in [2.45, 2.75) is 13.5 Å². The SMILES string of the molecule is CC(=O)N(Cc1ccccc1)C(=O)c1ccc(Br)cc1. The Morgan fingerprint density at radius 2 is 1.60 bits per heavy atom. The molecule has 0 atom stereocenters. The minimum atomic E-state index is -0.283. The molecular formula is C16H14BrNO2. The number of hydrogen-bond acceptors (Lipinski definition) is 2. The summed E-state index contributed by atoms with van der Waals surface area (Å²) in [4.78, 5) is 25.4. The number of halogens is 1. The molecule has 0 bridgehead atoms. The molecule has 0 aromatic heterocycles. The van der Waals surface area contributed by atoms with Crippen molar-refractivity contribution in [1.29, 1.82) is 0 Å². The van der Waals surface area contributed by atoms with E-state index in [-0.39, 0.29) is 18.4 Å². The molecule has 0 spiro atoms. The summed E-state index contributed by atoms with van der Waals surface area (Å²) in [6.45, 7) is 1.69. The van der Waals surface area contributed by atoms with E-state index >= 15 is 0 Å². The molecule has 0 aliphatic carbocycles. The van der Waals surface area contributed by atoms with Crippen molar-refractivity contribution in [1.82, 2.24) is 4.90 Å². The van der Waals surface area contributed by atoms with Crippen LogP contribution in [0.3, 0.4) is 0 Å². The van der Waals surface area contributed by atoms with Crippen molar-refractivity contribution < 1.29 is 9.59 Å². The van der Waals surface area contributed by atoms with Crippen molar-refractivity contribution in [3.63, 3.8) is 0 Å². The first kappa shape index (κ1) is 14.5. The van der Waals surface area contributed by atoms with E-state index in [0.717, 1.165) is 10.0 Å². The molecule has 2 rings (SSSR count). The van der Waals surface area contributed by atoms with E-state index in [1.165, 1.54) is 11.8 Å². The Kier molecular flexibility index (Phi) is 4.69. The van der Waals surface area contributed by atoms with Crippen molar-refractivity contribution >= 4 is 27.7 Å². The molecule has 3 nitrogen and oxygen atoms in total. The summed E-state index contributed by atoms with van der Waals surface area (Å²) in [6, 6.07) is 16.4. The van der Waals surface area contributed by atoms with Crippen LogP contribution in [0.5, 0.6) is 0 Å². The van der Waals surface area contributed by atoms with Crippen LogP contribution in [0.1, 0.15) is 22.8 Å². The number of carbonyl (C=O) groups excluding carboxylic acids is 2. The van der Waals surface area contributed by atoms with Crippen LogP contribution in [-0.2, 0) is 11.3 Å². The van der Waals surface area contributed by atoms with Gasteiger partial charge in [0, 0.05) is 17.0 Å². The number of hydrogen-bond donors (Lipinski definition) is 0. The van der Waals surface area contributed by atoms with Crippen molar-refractivity contribution in [2.24, 2.45) is 0 Å². The second-order valence-corrected chi connectivity index (χ2v) is 5.32. The van der Waals surface area contributed by atoms with Gasteiger partial charge >= 0.3 is 0 Å². The molecule has 0 heterocycles. The predicted molar refractivity (Wildman–Crippen MR) is 81.1 cm³/mol. The van der Waals surface area contributed by atoms with Crippen LogP contribution < -0.4 is 0 Å². The molecule has 4 heteroatoms. The molecule has 0 radical (unpaired) electrons. The summed E-state index contributed by atoms with van der Waals surface area (Å²) in [7, 11) is 0. The van der Waals surface area contributed by atoms with Crippen molar-refractivity contribution in [3.05, 3.63) is 70.2 Å². The predicted octanol–water partition coefficient (Wildman–Crippen LogP) is 3.64. The zero-order valence-corrected chi connectivity index (χ0v) is 12.6. The number of nitrogens with zero attached hydrogens (tertiary/aromatic N) is 1. The van der Waals surface area contributed by atoms with Gasteiger partial charge < -0.3 is 0 Å². The van der Waals surface area contributed by atoms with Crippen molar-refractivity contribution in [2.75, 3.05) is 0 Å². The van der Waals surface area contributed by atoms with Crippen LogP contribution in [0.2, 0.25) is 0 Å². The van der Waals surface area contributed by atoms with Gasteiger partial charge in [-0.15, -0.1) is 0 Å². The van der Waals surface area contributed by atoms with E-state index in [9.17, 15) is 9.59 Å². The third-order valence-electron chi connectivity index (χ3n) is 2.90. The lowest BCUT2D eigenvalue weighted by molar-refractivity contribution is -0.126. The highest BCUT2D eigenvalue weighted by molar-refractivity contribution is 9.10. The fourth-order valence-electron chi connectivity index (χ4n) is 1.84. The number of rotatable bonds is 3. The summed E-state index contributed by atoms with van der Waals surface area (Å²) in [5, 5.41) is 0. The highest BCUT2D eigenvalue weighted by atomic mass is 79.9. The lowest BCUT2D eigenvalue weighted by atomic mass is 10.1. The molecule has 0 saturated heterocycles. The van der Waals surface area contributed by atoms with Crippen LogP contribution in [0, 0.1) is 0 Å². The maximum atomic E-state index is 12.4. The lowest BCUT2D eigenvalue weighted by Gasteiger charge is -2.19. The van der Waals surface area contributed by atoms with Crippen molar-refractivity contribution in [3.8, 4) is 0 Å². The Bertz CT molecular complexity index is 608. The average molecular weight is 332 g/mol. The summed E-state index contributed by atoms with van der Waals surface area (Å²) >= 11 is 3.32. The molecule has 0 N–H and O–H groups in total. The Morgan fingerprint density at radius 3 is 2.15 bits per heavy atom. The standard InChI is InChI=1S/C16H14BrNO2/c1-12(19)18(11-13-5-3-2-4-6-13)16(20)14-7-9-15(17)10-8-14/h2-10H,11H2,1H3. The quantitative estimate of drug-likeness (QED) is 0.861. The fraction of sp³-hybridized carbons (Fsp3) is 0.125. The number of imide groups is 1. The van der Waals surface area contributed by atoms with Gasteiger partial charge in [-0.05, 0) is 29.8 Å². The first-order valence-corrected chi connectivity index (χ1v) is 6.99. The van der Waals surface area contributed by atoms with Gasteiger partial charge in [-0.1, -0.05) is 46.3 Å². The molecule has 20 heavy (non-hydrogen) atoms. The van der Waals surface area contributed by atoms with Gasteiger partial charge in [0.25, 0.3) is 5.91 Å². The molecule has 0 unspecified atom stereocenters. The van der Waals surface area contributed by atoms with E-state index in [0.29, 0.717) is 5.56 Å². The third-order valence-corrected chi connectivity index (χ3v) is 3.43. The van der Waals surface area contributed by atoms with Gasteiger partial charge in [0.2, 0.25) is 5.91 Å². The van der Waals surface area contributed by atoms with Gasteiger partial charge in [0.1, 0.15) is 0 Å². The lowest BCUT2D eigenvalue weighted by Crippen LogP contribution is -2.34. The zero-order valence-electron chi connectivity index (χ0n) is 11.0. The molecular weight excluding hydrogens is 318 g/mol. The maximum absolute atomic E-state index is 12.4. The maximum Gasteiger partial charge on any atom is 0.260 e. The normalized spacial score (nSPS) is 10.1. The summed E-state index contributed by atoms with van der Waals surface area (Å²) < 4.78 is 0.895. The molecule has 2 aromatic carbocycles. The summed E-state index contributed by atoms with van der Waals surface area (Å²) in [5.74, 6) is -0.546. The molecule has 0 saturated carbocycles. The highest BCUT2D eigenvalue weighted by Crippen LogP contribution is 2.14. The van der Waals surface area contributed by atoms with Crippen LogP contribution in [0.15, 0.2) is 59.1 Å². The van der Waals surface area contributed by atoms with E-state index in [1.54, 1.807) is 24.3 Å². The summed E-state index contributed by atoms with van der Waals surface area (Å²) in [5.41, 5.74) is 1.42. The van der Waals surface area contributed by atoms with E-state index in [2.05, 4.69) is 15.9 Å². The topological polar surface area (TPSA) is 37.4 Å². The number of carbonyl (C=O) groups is 2. The molecule has 2 amide bonds. The Morgan fingerprint density at radius 1 is 1.00 bits per heavy atom. The number of amides is 2. The second-order valence-electron chi connectivity index (χ2n) is 4.40. The zero-order chi connectivity index (χ0) is 14.5. The minimum Gasteiger partial charge on any atom is -0.275 e. The van der Waals surface area contributed by atoms with Gasteiger partial charge in [0.05, 0.1) is 6.54 Å². The molecule has 0 aliphatic heterocycles. The molecule has 102 valence electrons. The first-order chi connectivity index (χ1) is 9.58. The minimum absolute atomic E-state index is 0.262. The fourth-order valence-corrected chi connectivity index (χ4v) is 2.10. The van der Waals surface area contributed by atoms with Gasteiger partial charge in [-0.25, -0.2) is 0 Å². The van der Waals surface area contributed by atoms with Crippen LogP contribution in [-0.4, -0.2) is 16.7 Å². The molecule has 0 fully saturated rings. The molecule has 0 aliphatic rings. The van der Waals surface area contributed by atoms with E-state index in [4.69, 9.17) is 0 Å². The van der Waals surface area contributed by atoms with Gasteiger partial charge in [-0.3, -0.25) is 14.5 Å². The second kappa shape index (κ2) is 6.48.